The Bertz CT molecular complexity index is 284. The van der Waals surface area contributed by atoms with Crippen molar-refractivity contribution in [2.45, 2.75) is 18.4 Å². The summed E-state index contributed by atoms with van der Waals surface area (Å²) in [5.74, 6) is 0. The van der Waals surface area contributed by atoms with Crippen LogP contribution in [-0.2, 0) is 6.42 Å². The van der Waals surface area contributed by atoms with Crippen LogP contribution in [0.15, 0.2) is 43.0 Å². The molecule has 2 heteroatoms. The van der Waals surface area contributed by atoms with E-state index in [0.717, 1.165) is 5.56 Å². The summed E-state index contributed by atoms with van der Waals surface area (Å²) < 4.78 is 0. The second-order valence-corrected chi connectivity index (χ2v) is 3.68. The maximum Gasteiger partial charge on any atom is 0.0617 e. The summed E-state index contributed by atoms with van der Waals surface area (Å²) in [6, 6.07) is 9.94. The average molecular weight is 191 g/mol. The van der Waals surface area contributed by atoms with Crippen molar-refractivity contribution in [1.82, 2.24) is 0 Å². The standard InChI is InChI=1S/C12H17NO/c1-2-8-12(13,10-14)9-11-6-4-3-5-7-11/h2-7,14H,1,8-10,13H2/t12-/m0/s1. The Kier molecular flexibility index (Phi) is 3.86. The molecule has 1 rings (SSSR count). The van der Waals surface area contributed by atoms with Gasteiger partial charge in [0, 0.05) is 5.54 Å². The molecule has 0 saturated heterocycles. The van der Waals surface area contributed by atoms with E-state index in [1.54, 1.807) is 6.08 Å². The van der Waals surface area contributed by atoms with Crippen LogP contribution in [0.3, 0.4) is 0 Å². The van der Waals surface area contributed by atoms with Crippen LogP contribution in [0.1, 0.15) is 12.0 Å². The molecule has 1 aromatic rings. The molecule has 0 saturated carbocycles. The van der Waals surface area contributed by atoms with Crippen molar-refractivity contribution >= 4 is 0 Å². The van der Waals surface area contributed by atoms with Gasteiger partial charge in [-0.15, -0.1) is 6.58 Å². The number of aliphatic hydroxyl groups excluding tert-OH is 1. The monoisotopic (exact) mass is 191 g/mol. The Hall–Kier alpha value is -1.12. The quantitative estimate of drug-likeness (QED) is 0.693. The van der Waals surface area contributed by atoms with Gasteiger partial charge in [-0.05, 0) is 18.4 Å². The van der Waals surface area contributed by atoms with Gasteiger partial charge in [0.25, 0.3) is 0 Å². The fourth-order valence-electron chi connectivity index (χ4n) is 1.48. The Morgan fingerprint density at radius 3 is 2.50 bits per heavy atom. The highest BCUT2D eigenvalue weighted by atomic mass is 16.3. The van der Waals surface area contributed by atoms with E-state index in [-0.39, 0.29) is 6.61 Å². The highest BCUT2D eigenvalue weighted by Crippen LogP contribution is 2.14. The smallest absolute Gasteiger partial charge is 0.0617 e. The molecule has 0 aliphatic heterocycles. The minimum absolute atomic E-state index is 0.0199. The first-order valence-corrected chi connectivity index (χ1v) is 4.75. The highest BCUT2D eigenvalue weighted by molar-refractivity contribution is 5.18. The first-order valence-electron chi connectivity index (χ1n) is 4.75. The third-order valence-corrected chi connectivity index (χ3v) is 2.26. The average Bonchev–Trinajstić information content (AvgIpc) is 2.20. The van der Waals surface area contributed by atoms with Gasteiger partial charge < -0.3 is 10.8 Å². The molecule has 0 radical (unpaired) electrons. The molecule has 1 aromatic carbocycles. The Balaban J connectivity index is 2.70. The number of nitrogens with two attached hydrogens (primary N) is 1. The predicted molar refractivity (Wildman–Crippen MR) is 59.0 cm³/mol. The molecule has 0 fully saturated rings. The molecule has 14 heavy (non-hydrogen) atoms. The van der Waals surface area contributed by atoms with Crippen molar-refractivity contribution in [3.8, 4) is 0 Å². The molecule has 0 aliphatic rings. The van der Waals surface area contributed by atoms with E-state index in [1.165, 1.54) is 0 Å². The number of hydrogen-bond acceptors (Lipinski definition) is 2. The maximum atomic E-state index is 9.20. The van der Waals surface area contributed by atoms with Crippen LogP contribution in [0.5, 0.6) is 0 Å². The van der Waals surface area contributed by atoms with Crippen LogP contribution >= 0.6 is 0 Å². The van der Waals surface area contributed by atoms with E-state index >= 15 is 0 Å². The molecule has 0 spiro atoms. The van der Waals surface area contributed by atoms with Crippen LogP contribution in [0.2, 0.25) is 0 Å². The zero-order chi connectivity index (χ0) is 10.4. The zero-order valence-corrected chi connectivity index (χ0v) is 8.32. The van der Waals surface area contributed by atoms with Crippen molar-refractivity contribution in [3.05, 3.63) is 48.6 Å². The summed E-state index contributed by atoms with van der Waals surface area (Å²) >= 11 is 0. The third-order valence-electron chi connectivity index (χ3n) is 2.26. The van der Waals surface area contributed by atoms with Gasteiger partial charge >= 0.3 is 0 Å². The van der Waals surface area contributed by atoms with Gasteiger partial charge in [-0.2, -0.15) is 0 Å². The zero-order valence-electron chi connectivity index (χ0n) is 8.32. The molecule has 0 aliphatic carbocycles. The Morgan fingerprint density at radius 2 is 2.00 bits per heavy atom. The molecular weight excluding hydrogens is 174 g/mol. The lowest BCUT2D eigenvalue weighted by Crippen LogP contribution is -2.45. The van der Waals surface area contributed by atoms with Crippen molar-refractivity contribution < 1.29 is 5.11 Å². The molecule has 0 unspecified atom stereocenters. The van der Waals surface area contributed by atoms with Gasteiger partial charge in [0.2, 0.25) is 0 Å². The minimum Gasteiger partial charge on any atom is -0.394 e. The fourth-order valence-corrected chi connectivity index (χ4v) is 1.48. The van der Waals surface area contributed by atoms with E-state index in [1.807, 2.05) is 30.3 Å². The van der Waals surface area contributed by atoms with Gasteiger partial charge in [-0.3, -0.25) is 0 Å². The first kappa shape index (κ1) is 11.0. The van der Waals surface area contributed by atoms with Gasteiger partial charge in [-0.25, -0.2) is 0 Å². The number of hydrogen-bond donors (Lipinski definition) is 2. The van der Waals surface area contributed by atoms with Crippen LogP contribution in [-0.4, -0.2) is 17.3 Å². The SMILES string of the molecule is C=CC[C@@](N)(CO)Cc1ccccc1. The summed E-state index contributed by atoms with van der Waals surface area (Å²) in [6.07, 6.45) is 3.05. The van der Waals surface area contributed by atoms with Crippen molar-refractivity contribution in [2.24, 2.45) is 5.73 Å². The Morgan fingerprint density at radius 1 is 1.36 bits per heavy atom. The summed E-state index contributed by atoms with van der Waals surface area (Å²) in [4.78, 5) is 0. The van der Waals surface area contributed by atoms with Gasteiger partial charge in [0.05, 0.1) is 6.61 Å². The second kappa shape index (κ2) is 4.94. The normalized spacial score (nSPS) is 14.7. The largest absolute Gasteiger partial charge is 0.394 e. The third kappa shape index (κ3) is 2.98. The minimum atomic E-state index is -0.566. The summed E-state index contributed by atoms with van der Waals surface area (Å²) in [7, 11) is 0. The molecule has 0 bridgehead atoms. The van der Waals surface area contributed by atoms with Crippen molar-refractivity contribution in [1.29, 1.82) is 0 Å². The second-order valence-electron chi connectivity index (χ2n) is 3.68. The van der Waals surface area contributed by atoms with Gasteiger partial charge in [0.1, 0.15) is 0 Å². The van der Waals surface area contributed by atoms with E-state index in [2.05, 4.69) is 6.58 Å². The molecule has 76 valence electrons. The first-order chi connectivity index (χ1) is 6.70. The number of aliphatic hydroxyl groups is 1. The molecule has 3 N–H and O–H groups in total. The molecule has 0 heterocycles. The molecule has 2 nitrogen and oxygen atoms in total. The lowest BCUT2D eigenvalue weighted by Gasteiger charge is -2.25. The Labute approximate surface area is 85.1 Å². The van der Waals surface area contributed by atoms with Crippen LogP contribution in [0.25, 0.3) is 0 Å². The fraction of sp³-hybridized carbons (Fsp3) is 0.333. The van der Waals surface area contributed by atoms with Gasteiger partial charge in [-0.1, -0.05) is 36.4 Å². The summed E-state index contributed by atoms with van der Waals surface area (Å²) in [5, 5.41) is 9.20. The van der Waals surface area contributed by atoms with Crippen molar-refractivity contribution in [2.75, 3.05) is 6.61 Å². The molecule has 1 atom stereocenters. The lowest BCUT2D eigenvalue weighted by atomic mass is 9.89. The number of rotatable bonds is 5. The van der Waals surface area contributed by atoms with Crippen LogP contribution in [0.4, 0.5) is 0 Å². The summed E-state index contributed by atoms with van der Waals surface area (Å²) in [6.45, 7) is 3.62. The van der Waals surface area contributed by atoms with Crippen LogP contribution in [0, 0.1) is 0 Å². The van der Waals surface area contributed by atoms with Crippen molar-refractivity contribution in [3.63, 3.8) is 0 Å². The number of benzene rings is 1. The van der Waals surface area contributed by atoms with Gasteiger partial charge in [0.15, 0.2) is 0 Å². The van der Waals surface area contributed by atoms with E-state index in [4.69, 9.17) is 5.73 Å². The molecule has 0 amide bonds. The topological polar surface area (TPSA) is 46.2 Å². The van der Waals surface area contributed by atoms with Crippen LogP contribution < -0.4 is 5.73 Å². The van der Waals surface area contributed by atoms with E-state index in [9.17, 15) is 5.11 Å². The predicted octanol–water partition coefficient (Wildman–Crippen LogP) is 1.50. The summed E-state index contributed by atoms with van der Waals surface area (Å²) in [5.41, 5.74) is 6.60. The van der Waals surface area contributed by atoms with E-state index in [0.29, 0.717) is 12.8 Å². The van der Waals surface area contributed by atoms with E-state index < -0.39 is 5.54 Å². The lowest BCUT2D eigenvalue weighted by molar-refractivity contribution is 0.196. The molecular formula is C12H17NO. The molecule has 0 aromatic heterocycles. The maximum absolute atomic E-state index is 9.20. The highest BCUT2D eigenvalue weighted by Gasteiger charge is 2.22.